The fraction of sp³-hybridized carbons (Fsp3) is 0.500. The van der Waals surface area contributed by atoms with Crippen molar-refractivity contribution in [2.24, 2.45) is 5.73 Å². The minimum Gasteiger partial charge on any atom is -0.396 e. The number of hydrogen-bond acceptors (Lipinski definition) is 3. The molecule has 0 aliphatic heterocycles. The third-order valence-corrected chi connectivity index (χ3v) is 3.53. The molecule has 0 aromatic heterocycles. The minimum absolute atomic E-state index is 0.115. The zero-order chi connectivity index (χ0) is 11.1. The Labute approximate surface area is 95.9 Å². The van der Waals surface area contributed by atoms with E-state index in [9.17, 15) is 0 Å². The van der Waals surface area contributed by atoms with Gasteiger partial charge in [-0.1, -0.05) is 24.3 Å². The van der Waals surface area contributed by atoms with Gasteiger partial charge in [-0.25, -0.2) is 0 Å². The van der Waals surface area contributed by atoms with Crippen LogP contribution in [0.1, 0.15) is 17.5 Å². The smallest absolute Gasteiger partial charge is 0.0446 e. The summed E-state index contributed by atoms with van der Waals surface area (Å²) in [4.78, 5) is 0. The normalized spacial score (nSPS) is 12.7. The molecule has 0 aliphatic rings. The maximum absolute atomic E-state index is 8.71. The molecule has 1 rings (SSSR count). The summed E-state index contributed by atoms with van der Waals surface area (Å²) in [6, 6.07) is 8.52. The van der Waals surface area contributed by atoms with E-state index in [2.05, 4.69) is 31.2 Å². The topological polar surface area (TPSA) is 46.2 Å². The molecular weight excluding hydrogens is 206 g/mol. The van der Waals surface area contributed by atoms with Gasteiger partial charge in [0.25, 0.3) is 0 Å². The molecule has 0 amide bonds. The van der Waals surface area contributed by atoms with Gasteiger partial charge in [-0.2, -0.15) is 11.8 Å². The Bertz CT molecular complexity index is 291. The summed E-state index contributed by atoms with van der Waals surface area (Å²) in [7, 11) is 0. The van der Waals surface area contributed by atoms with Crippen LogP contribution in [-0.4, -0.2) is 23.5 Å². The molecule has 1 atom stereocenters. The van der Waals surface area contributed by atoms with E-state index >= 15 is 0 Å². The van der Waals surface area contributed by atoms with E-state index in [1.165, 1.54) is 11.1 Å². The lowest BCUT2D eigenvalue weighted by Gasteiger charge is -2.10. The van der Waals surface area contributed by atoms with Gasteiger partial charge in [0, 0.05) is 24.2 Å². The summed E-state index contributed by atoms with van der Waals surface area (Å²) in [5.41, 5.74) is 8.51. The number of thioether (sulfide) groups is 1. The fourth-order valence-corrected chi connectivity index (χ4v) is 2.47. The van der Waals surface area contributed by atoms with E-state index < -0.39 is 0 Å². The highest BCUT2D eigenvalue weighted by Crippen LogP contribution is 2.16. The number of aryl methyl sites for hydroxylation is 1. The first-order valence-corrected chi connectivity index (χ1v) is 6.38. The molecule has 2 nitrogen and oxygen atoms in total. The predicted octanol–water partition coefficient (Wildman–Crippen LogP) is 1.94. The molecule has 3 heteroatoms. The van der Waals surface area contributed by atoms with Gasteiger partial charge < -0.3 is 10.8 Å². The highest BCUT2D eigenvalue weighted by atomic mass is 32.2. The number of aliphatic hydroxyl groups excluding tert-OH is 1. The van der Waals surface area contributed by atoms with E-state index in [4.69, 9.17) is 10.8 Å². The van der Waals surface area contributed by atoms with Crippen LogP contribution in [0.2, 0.25) is 0 Å². The molecule has 0 saturated carbocycles. The largest absolute Gasteiger partial charge is 0.396 e. The Morgan fingerprint density at radius 2 is 2.13 bits per heavy atom. The Balaban J connectivity index is 2.29. The summed E-state index contributed by atoms with van der Waals surface area (Å²) < 4.78 is 0. The molecule has 0 heterocycles. The van der Waals surface area contributed by atoms with Crippen molar-refractivity contribution in [3.63, 3.8) is 0 Å². The molecule has 84 valence electrons. The summed E-state index contributed by atoms with van der Waals surface area (Å²) in [5, 5.41) is 8.71. The standard InChI is InChI=1S/C12H19NOS/c1-10-4-2-3-5-11(10)8-15-9-12(13)6-7-14/h2-5,12,14H,6-9,13H2,1H3. The third kappa shape index (κ3) is 4.69. The monoisotopic (exact) mass is 225 g/mol. The quantitative estimate of drug-likeness (QED) is 0.777. The highest BCUT2D eigenvalue weighted by molar-refractivity contribution is 7.98. The summed E-state index contributed by atoms with van der Waals surface area (Å²) in [6.45, 7) is 2.32. The average molecular weight is 225 g/mol. The molecule has 0 bridgehead atoms. The lowest BCUT2D eigenvalue weighted by Crippen LogP contribution is -2.24. The third-order valence-electron chi connectivity index (χ3n) is 2.35. The van der Waals surface area contributed by atoms with Crippen LogP contribution in [0.5, 0.6) is 0 Å². The number of benzene rings is 1. The molecule has 15 heavy (non-hydrogen) atoms. The van der Waals surface area contributed by atoms with Gasteiger partial charge in [-0.05, 0) is 24.5 Å². The molecule has 0 spiro atoms. The van der Waals surface area contributed by atoms with Crippen molar-refractivity contribution in [2.75, 3.05) is 12.4 Å². The van der Waals surface area contributed by atoms with Gasteiger partial charge in [0.15, 0.2) is 0 Å². The molecule has 1 unspecified atom stereocenters. The average Bonchev–Trinajstić information content (AvgIpc) is 2.21. The maximum atomic E-state index is 8.71. The van der Waals surface area contributed by atoms with Crippen LogP contribution in [0.25, 0.3) is 0 Å². The van der Waals surface area contributed by atoms with Crippen LogP contribution < -0.4 is 5.73 Å². The SMILES string of the molecule is Cc1ccccc1CSCC(N)CCO. The predicted molar refractivity (Wildman–Crippen MR) is 67.0 cm³/mol. The van der Waals surface area contributed by atoms with Crippen LogP contribution in [0.4, 0.5) is 0 Å². The van der Waals surface area contributed by atoms with Crippen LogP contribution in [0, 0.1) is 6.92 Å². The van der Waals surface area contributed by atoms with Gasteiger partial charge in [0.05, 0.1) is 0 Å². The fourth-order valence-electron chi connectivity index (χ4n) is 1.34. The Kier molecular flexibility index (Phi) is 5.76. The van der Waals surface area contributed by atoms with Crippen molar-refractivity contribution in [1.29, 1.82) is 0 Å². The number of nitrogens with two attached hydrogens (primary N) is 1. The Morgan fingerprint density at radius 3 is 2.80 bits per heavy atom. The summed E-state index contributed by atoms with van der Waals surface area (Å²) in [5.74, 6) is 1.92. The van der Waals surface area contributed by atoms with Crippen molar-refractivity contribution in [2.45, 2.75) is 25.1 Å². The molecule has 0 fully saturated rings. The Hall–Kier alpha value is -0.510. The number of aliphatic hydroxyl groups is 1. The van der Waals surface area contributed by atoms with E-state index in [1.54, 1.807) is 0 Å². The second kappa shape index (κ2) is 6.88. The Morgan fingerprint density at radius 1 is 1.40 bits per heavy atom. The first-order chi connectivity index (χ1) is 7.24. The van der Waals surface area contributed by atoms with E-state index in [0.29, 0.717) is 6.42 Å². The molecule has 1 aromatic rings. The van der Waals surface area contributed by atoms with Crippen molar-refractivity contribution in [3.8, 4) is 0 Å². The number of rotatable bonds is 6. The lowest BCUT2D eigenvalue weighted by molar-refractivity contribution is 0.279. The minimum atomic E-state index is 0.115. The molecule has 0 radical (unpaired) electrons. The van der Waals surface area contributed by atoms with Crippen molar-refractivity contribution >= 4 is 11.8 Å². The zero-order valence-electron chi connectivity index (χ0n) is 9.15. The van der Waals surface area contributed by atoms with Crippen LogP contribution in [-0.2, 0) is 5.75 Å². The highest BCUT2D eigenvalue weighted by Gasteiger charge is 2.02. The molecule has 1 aromatic carbocycles. The van der Waals surface area contributed by atoms with Gasteiger partial charge in [-0.15, -0.1) is 0 Å². The van der Waals surface area contributed by atoms with Gasteiger partial charge in [0.1, 0.15) is 0 Å². The van der Waals surface area contributed by atoms with E-state index in [0.717, 1.165) is 11.5 Å². The summed E-state index contributed by atoms with van der Waals surface area (Å²) >= 11 is 1.83. The number of hydrogen-bond donors (Lipinski definition) is 2. The summed E-state index contributed by atoms with van der Waals surface area (Å²) in [6.07, 6.45) is 0.695. The van der Waals surface area contributed by atoms with Gasteiger partial charge in [-0.3, -0.25) is 0 Å². The second-order valence-corrected chi connectivity index (χ2v) is 4.74. The zero-order valence-corrected chi connectivity index (χ0v) is 9.96. The first-order valence-electron chi connectivity index (χ1n) is 5.22. The van der Waals surface area contributed by atoms with Crippen LogP contribution in [0.15, 0.2) is 24.3 Å². The molecular formula is C12H19NOS. The van der Waals surface area contributed by atoms with Crippen LogP contribution in [0.3, 0.4) is 0 Å². The molecule has 0 aliphatic carbocycles. The van der Waals surface area contributed by atoms with E-state index in [1.807, 2.05) is 11.8 Å². The second-order valence-electron chi connectivity index (χ2n) is 3.71. The van der Waals surface area contributed by atoms with E-state index in [-0.39, 0.29) is 12.6 Å². The van der Waals surface area contributed by atoms with Crippen molar-refractivity contribution in [3.05, 3.63) is 35.4 Å². The van der Waals surface area contributed by atoms with Gasteiger partial charge >= 0.3 is 0 Å². The van der Waals surface area contributed by atoms with Crippen molar-refractivity contribution in [1.82, 2.24) is 0 Å². The molecule has 0 saturated heterocycles. The maximum Gasteiger partial charge on any atom is 0.0446 e. The van der Waals surface area contributed by atoms with Crippen molar-refractivity contribution < 1.29 is 5.11 Å². The molecule has 3 N–H and O–H groups in total. The first kappa shape index (κ1) is 12.6. The van der Waals surface area contributed by atoms with Crippen LogP contribution >= 0.6 is 11.8 Å². The van der Waals surface area contributed by atoms with Gasteiger partial charge in [0.2, 0.25) is 0 Å². The lowest BCUT2D eigenvalue weighted by atomic mass is 10.1.